The van der Waals surface area contributed by atoms with Crippen molar-refractivity contribution in [2.24, 2.45) is 7.05 Å². The van der Waals surface area contributed by atoms with E-state index in [0.29, 0.717) is 11.8 Å². The summed E-state index contributed by atoms with van der Waals surface area (Å²) in [7, 11) is 2.09. The van der Waals surface area contributed by atoms with E-state index in [1.54, 1.807) is 0 Å². The van der Waals surface area contributed by atoms with E-state index >= 15 is 0 Å². The van der Waals surface area contributed by atoms with E-state index in [0.717, 1.165) is 72.4 Å². The minimum absolute atomic E-state index is 0.314. The summed E-state index contributed by atoms with van der Waals surface area (Å²) >= 11 is 0. The van der Waals surface area contributed by atoms with Gasteiger partial charge in [0.25, 0.3) is 0 Å². The number of imidazole rings is 1. The van der Waals surface area contributed by atoms with Crippen LogP contribution < -0.4 is 4.90 Å². The summed E-state index contributed by atoms with van der Waals surface area (Å²) in [6, 6.07) is 18.7. The van der Waals surface area contributed by atoms with Crippen LogP contribution in [0.15, 0.2) is 60.8 Å². The lowest BCUT2D eigenvalue weighted by atomic mass is 10.2. The van der Waals surface area contributed by atoms with E-state index in [-0.39, 0.29) is 0 Å². The summed E-state index contributed by atoms with van der Waals surface area (Å²) in [5, 5.41) is 1.12. The van der Waals surface area contributed by atoms with Crippen LogP contribution in [-0.2, 0) is 11.8 Å². The number of rotatable bonds is 4. The van der Waals surface area contributed by atoms with E-state index in [9.17, 15) is 0 Å². The average Bonchev–Trinajstić information content (AvgIpc) is 3.53. The third-order valence-electron chi connectivity index (χ3n) is 6.35. The zero-order valence-electron chi connectivity index (χ0n) is 17.6. The Labute approximate surface area is 181 Å². The SMILES string of the molecule is Cn1cc(-c2ccccc2)nc1C1CC1c1nc(N2CCOCC2)c2ccccc2n1. The predicted molar refractivity (Wildman–Crippen MR) is 121 cm³/mol. The number of benzene rings is 2. The highest BCUT2D eigenvalue weighted by Gasteiger charge is 2.45. The fraction of sp³-hybridized carbons (Fsp3) is 0.320. The second-order valence-electron chi connectivity index (χ2n) is 8.43. The highest BCUT2D eigenvalue weighted by Crippen LogP contribution is 2.53. The molecular formula is C25H25N5O. The molecule has 3 heterocycles. The van der Waals surface area contributed by atoms with E-state index in [2.05, 4.69) is 71.2 Å². The molecule has 0 amide bonds. The normalized spacial score (nSPS) is 20.9. The number of anilines is 1. The Hall–Kier alpha value is -3.25. The van der Waals surface area contributed by atoms with Crippen LogP contribution in [0.25, 0.3) is 22.2 Å². The number of aromatic nitrogens is 4. The van der Waals surface area contributed by atoms with Crippen LogP contribution >= 0.6 is 0 Å². The standard InChI is InChI=1S/C25H25N5O/c1-29-16-22(17-7-3-2-4-8-17)27-24(29)20-15-19(20)23-26-21-10-6-5-9-18(21)25(28-23)30-11-13-31-14-12-30/h2-10,16,19-20H,11-15H2,1H3. The molecule has 2 unspecified atom stereocenters. The van der Waals surface area contributed by atoms with Gasteiger partial charge in [0.1, 0.15) is 17.5 Å². The van der Waals surface area contributed by atoms with E-state index < -0.39 is 0 Å². The number of nitrogens with zero attached hydrogens (tertiary/aromatic N) is 5. The van der Waals surface area contributed by atoms with Crippen molar-refractivity contribution in [2.45, 2.75) is 18.3 Å². The Balaban J connectivity index is 1.34. The van der Waals surface area contributed by atoms with Gasteiger partial charge in [-0.15, -0.1) is 0 Å². The molecular weight excluding hydrogens is 386 g/mol. The molecule has 1 saturated carbocycles. The lowest BCUT2D eigenvalue weighted by Gasteiger charge is -2.29. The minimum atomic E-state index is 0.314. The van der Waals surface area contributed by atoms with Crippen molar-refractivity contribution >= 4 is 16.7 Å². The third-order valence-corrected chi connectivity index (χ3v) is 6.35. The van der Waals surface area contributed by atoms with Gasteiger partial charge in [0.15, 0.2) is 0 Å². The molecule has 6 heteroatoms. The van der Waals surface area contributed by atoms with Crippen LogP contribution in [0.4, 0.5) is 5.82 Å². The Morgan fingerprint density at radius 1 is 0.871 bits per heavy atom. The molecule has 6 rings (SSSR count). The number of para-hydroxylation sites is 1. The molecule has 0 N–H and O–H groups in total. The molecule has 0 spiro atoms. The van der Waals surface area contributed by atoms with Crippen LogP contribution in [0.3, 0.4) is 0 Å². The Morgan fingerprint density at radius 3 is 2.48 bits per heavy atom. The van der Waals surface area contributed by atoms with Crippen molar-refractivity contribution in [3.8, 4) is 11.3 Å². The van der Waals surface area contributed by atoms with Crippen molar-refractivity contribution in [3.05, 3.63) is 72.4 Å². The number of fused-ring (bicyclic) bond motifs is 1. The number of aryl methyl sites for hydroxylation is 1. The van der Waals surface area contributed by atoms with Gasteiger partial charge in [0.2, 0.25) is 0 Å². The highest BCUT2D eigenvalue weighted by atomic mass is 16.5. The molecule has 2 aromatic carbocycles. The maximum Gasteiger partial charge on any atom is 0.140 e. The van der Waals surface area contributed by atoms with Crippen molar-refractivity contribution in [3.63, 3.8) is 0 Å². The molecule has 2 aromatic heterocycles. The van der Waals surface area contributed by atoms with Gasteiger partial charge >= 0.3 is 0 Å². The molecule has 1 aliphatic heterocycles. The zero-order chi connectivity index (χ0) is 20.8. The minimum Gasteiger partial charge on any atom is -0.378 e. The van der Waals surface area contributed by atoms with Crippen molar-refractivity contribution in [1.29, 1.82) is 0 Å². The van der Waals surface area contributed by atoms with Gasteiger partial charge in [-0.1, -0.05) is 42.5 Å². The summed E-state index contributed by atoms with van der Waals surface area (Å²) in [5.41, 5.74) is 3.19. The number of morpholine rings is 1. The Kier molecular flexibility index (Phi) is 4.46. The van der Waals surface area contributed by atoms with Crippen molar-refractivity contribution in [2.75, 3.05) is 31.2 Å². The molecule has 156 valence electrons. The highest BCUT2D eigenvalue weighted by molar-refractivity contribution is 5.89. The number of hydrogen-bond acceptors (Lipinski definition) is 5. The second-order valence-corrected chi connectivity index (χ2v) is 8.43. The molecule has 2 atom stereocenters. The summed E-state index contributed by atoms with van der Waals surface area (Å²) in [4.78, 5) is 17.3. The van der Waals surface area contributed by atoms with E-state index in [4.69, 9.17) is 19.7 Å². The summed E-state index contributed by atoms with van der Waals surface area (Å²) in [6.45, 7) is 3.23. The summed E-state index contributed by atoms with van der Waals surface area (Å²) in [5.74, 6) is 3.78. The Bertz CT molecular complexity index is 1230. The molecule has 6 nitrogen and oxygen atoms in total. The first-order valence-corrected chi connectivity index (χ1v) is 11.0. The van der Waals surface area contributed by atoms with Crippen LogP contribution in [0, 0.1) is 0 Å². The van der Waals surface area contributed by atoms with Crippen LogP contribution in [0.2, 0.25) is 0 Å². The second kappa shape index (κ2) is 7.46. The number of hydrogen-bond donors (Lipinski definition) is 0. The number of ether oxygens (including phenoxy) is 1. The van der Waals surface area contributed by atoms with E-state index in [1.165, 1.54) is 0 Å². The summed E-state index contributed by atoms with van der Waals surface area (Å²) < 4.78 is 7.72. The first-order chi connectivity index (χ1) is 15.3. The molecule has 2 fully saturated rings. The van der Waals surface area contributed by atoms with Crippen LogP contribution in [0.5, 0.6) is 0 Å². The largest absolute Gasteiger partial charge is 0.378 e. The quantitative estimate of drug-likeness (QED) is 0.505. The maximum absolute atomic E-state index is 5.55. The summed E-state index contributed by atoms with van der Waals surface area (Å²) in [6.07, 6.45) is 3.17. The van der Waals surface area contributed by atoms with Gasteiger partial charge in [-0.25, -0.2) is 15.0 Å². The first kappa shape index (κ1) is 18.5. The first-order valence-electron chi connectivity index (χ1n) is 11.0. The molecule has 0 bridgehead atoms. The smallest absolute Gasteiger partial charge is 0.140 e. The topological polar surface area (TPSA) is 56.1 Å². The van der Waals surface area contributed by atoms with Gasteiger partial charge in [-0.05, 0) is 18.6 Å². The average molecular weight is 412 g/mol. The molecule has 4 aromatic rings. The van der Waals surface area contributed by atoms with Crippen LogP contribution in [-0.4, -0.2) is 45.8 Å². The molecule has 0 radical (unpaired) electrons. The van der Waals surface area contributed by atoms with Gasteiger partial charge in [0, 0.05) is 49.1 Å². The fourth-order valence-electron chi connectivity index (χ4n) is 4.60. The fourth-order valence-corrected chi connectivity index (χ4v) is 4.60. The molecule has 2 aliphatic rings. The molecule has 1 aliphatic carbocycles. The molecule has 31 heavy (non-hydrogen) atoms. The predicted octanol–water partition coefficient (Wildman–Crippen LogP) is 4.14. The lowest BCUT2D eigenvalue weighted by Crippen LogP contribution is -2.37. The van der Waals surface area contributed by atoms with Crippen molar-refractivity contribution in [1.82, 2.24) is 19.5 Å². The van der Waals surface area contributed by atoms with Gasteiger partial charge in [-0.3, -0.25) is 0 Å². The van der Waals surface area contributed by atoms with Crippen LogP contribution in [0.1, 0.15) is 29.9 Å². The van der Waals surface area contributed by atoms with Gasteiger partial charge < -0.3 is 14.2 Å². The van der Waals surface area contributed by atoms with E-state index in [1.807, 2.05) is 6.07 Å². The third kappa shape index (κ3) is 3.37. The van der Waals surface area contributed by atoms with Gasteiger partial charge in [-0.2, -0.15) is 0 Å². The molecule has 1 saturated heterocycles. The monoisotopic (exact) mass is 411 g/mol. The lowest BCUT2D eigenvalue weighted by molar-refractivity contribution is 0.122. The van der Waals surface area contributed by atoms with Crippen molar-refractivity contribution < 1.29 is 4.74 Å². The Morgan fingerprint density at radius 2 is 1.65 bits per heavy atom. The maximum atomic E-state index is 5.55. The zero-order valence-corrected chi connectivity index (χ0v) is 17.6. The van der Waals surface area contributed by atoms with Gasteiger partial charge in [0.05, 0.1) is 24.4 Å².